The molecule has 0 aromatic heterocycles. The van der Waals surface area contributed by atoms with Crippen molar-refractivity contribution in [2.75, 3.05) is 6.54 Å². The van der Waals surface area contributed by atoms with E-state index in [0.717, 1.165) is 18.8 Å². The van der Waals surface area contributed by atoms with E-state index >= 15 is 0 Å². The Balaban J connectivity index is 2.06. The normalized spacial score (nSPS) is 18.9. The van der Waals surface area contributed by atoms with Gasteiger partial charge in [-0.25, -0.2) is 0 Å². The maximum Gasteiger partial charge on any atom is 0.220 e. The maximum atomic E-state index is 11.7. The Labute approximate surface area is 111 Å². The molecule has 1 amide bonds. The van der Waals surface area contributed by atoms with Crippen LogP contribution in [0, 0.1) is 11.8 Å². The van der Waals surface area contributed by atoms with Gasteiger partial charge in [-0.2, -0.15) is 0 Å². The molecule has 3 nitrogen and oxygen atoms in total. The fraction of sp³-hybridized carbons (Fsp3) is 0.933. The summed E-state index contributed by atoms with van der Waals surface area (Å²) in [5, 5.41) is 12.5. The predicted octanol–water partition coefficient (Wildman–Crippen LogP) is 2.87. The number of aliphatic hydroxyl groups excluding tert-OH is 1. The van der Waals surface area contributed by atoms with Gasteiger partial charge in [-0.05, 0) is 24.7 Å². The Hall–Kier alpha value is -0.570. The van der Waals surface area contributed by atoms with Crippen LogP contribution in [0.5, 0.6) is 0 Å². The molecule has 106 valence electrons. The molecule has 0 aromatic rings. The summed E-state index contributed by atoms with van der Waals surface area (Å²) in [6.45, 7) is 4.56. The molecule has 1 aliphatic rings. The van der Waals surface area contributed by atoms with E-state index in [0.29, 0.717) is 18.9 Å². The molecule has 1 rings (SSSR count). The third-order valence-corrected chi connectivity index (χ3v) is 3.78. The van der Waals surface area contributed by atoms with Crippen LogP contribution < -0.4 is 5.32 Å². The van der Waals surface area contributed by atoms with Crippen LogP contribution in [0.25, 0.3) is 0 Å². The molecule has 0 aliphatic heterocycles. The topological polar surface area (TPSA) is 49.3 Å². The smallest absolute Gasteiger partial charge is 0.220 e. The van der Waals surface area contributed by atoms with Crippen molar-refractivity contribution >= 4 is 5.91 Å². The number of carbonyl (C=O) groups excluding carboxylic acids is 1. The van der Waals surface area contributed by atoms with Crippen molar-refractivity contribution in [3.63, 3.8) is 0 Å². The molecule has 0 heterocycles. The first-order valence-electron chi connectivity index (χ1n) is 7.52. The van der Waals surface area contributed by atoms with Crippen LogP contribution in [0.3, 0.4) is 0 Å². The molecule has 18 heavy (non-hydrogen) atoms. The molecule has 0 aromatic carbocycles. The molecular weight excluding hydrogens is 226 g/mol. The second-order valence-corrected chi connectivity index (χ2v) is 6.13. The highest BCUT2D eigenvalue weighted by atomic mass is 16.3. The van der Waals surface area contributed by atoms with Gasteiger partial charge in [0.15, 0.2) is 0 Å². The van der Waals surface area contributed by atoms with Gasteiger partial charge in [-0.15, -0.1) is 0 Å². The van der Waals surface area contributed by atoms with E-state index in [4.69, 9.17) is 0 Å². The molecule has 1 fully saturated rings. The fourth-order valence-corrected chi connectivity index (χ4v) is 2.76. The summed E-state index contributed by atoms with van der Waals surface area (Å²) in [6, 6.07) is 0. The first-order valence-corrected chi connectivity index (χ1v) is 7.52. The predicted molar refractivity (Wildman–Crippen MR) is 74.3 cm³/mol. The standard InChI is InChI=1S/C15H29NO2/c1-12(2)10-14(17)11-16-15(18)9-8-13-6-4-3-5-7-13/h12-14,17H,3-11H2,1-2H3,(H,16,18). The molecule has 0 radical (unpaired) electrons. The van der Waals surface area contributed by atoms with Crippen LogP contribution in [0.2, 0.25) is 0 Å². The molecule has 1 atom stereocenters. The van der Waals surface area contributed by atoms with Crippen LogP contribution in [-0.4, -0.2) is 23.7 Å². The van der Waals surface area contributed by atoms with Crippen molar-refractivity contribution < 1.29 is 9.90 Å². The largest absolute Gasteiger partial charge is 0.391 e. The minimum Gasteiger partial charge on any atom is -0.391 e. The number of nitrogens with one attached hydrogen (secondary N) is 1. The Bertz CT molecular complexity index is 235. The van der Waals surface area contributed by atoms with Gasteiger partial charge in [0.2, 0.25) is 5.91 Å². The molecule has 1 aliphatic carbocycles. The van der Waals surface area contributed by atoms with E-state index in [1.165, 1.54) is 32.1 Å². The molecule has 1 saturated carbocycles. The van der Waals surface area contributed by atoms with Crippen LogP contribution in [0.15, 0.2) is 0 Å². The Morgan fingerprint density at radius 2 is 1.94 bits per heavy atom. The van der Waals surface area contributed by atoms with Gasteiger partial charge in [-0.1, -0.05) is 46.0 Å². The zero-order valence-corrected chi connectivity index (χ0v) is 12.0. The van der Waals surface area contributed by atoms with Crippen molar-refractivity contribution in [2.45, 2.75) is 71.3 Å². The lowest BCUT2D eigenvalue weighted by molar-refractivity contribution is -0.121. The first kappa shape index (κ1) is 15.5. The van der Waals surface area contributed by atoms with Crippen molar-refractivity contribution in [3.8, 4) is 0 Å². The third kappa shape index (κ3) is 7.00. The Kier molecular flexibility index (Phi) is 7.33. The average molecular weight is 255 g/mol. The summed E-state index contributed by atoms with van der Waals surface area (Å²) in [4.78, 5) is 11.7. The third-order valence-electron chi connectivity index (χ3n) is 3.78. The van der Waals surface area contributed by atoms with E-state index in [1.54, 1.807) is 0 Å². The lowest BCUT2D eigenvalue weighted by Gasteiger charge is -2.21. The van der Waals surface area contributed by atoms with Crippen molar-refractivity contribution in [3.05, 3.63) is 0 Å². The summed E-state index contributed by atoms with van der Waals surface area (Å²) in [6.07, 6.45) is 8.62. The number of hydrogen-bond donors (Lipinski definition) is 2. The SMILES string of the molecule is CC(C)CC(O)CNC(=O)CCC1CCCCC1. The highest BCUT2D eigenvalue weighted by molar-refractivity contribution is 5.75. The van der Waals surface area contributed by atoms with E-state index in [2.05, 4.69) is 19.2 Å². The zero-order chi connectivity index (χ0) is 13.4. The zero-order valence-electron chi connectivity index (χ0n) is 12.0. The van der Waals surface area contributed by atoms with Gasteiger partial charge < -0.3 is 10.4 Å². The van der Waals surface area contributed by atoms with Crippen molar-refractivity contribution in [2.24, 2.45) is 11.8 Å². The van der Waals surface area contributed by atoms with Crippen LogP contribution in [0.1, 0.15) is 65.2 Å². The summed E-state index contributed by atoms with van der Waals surface area (Å²) in [5.41, 5.74) is 0. The van der Waals surface area contributed by atoms with Gasteiger partial charge in [0.05, 0.1) is 6.10 Å². The van der Waals surface area contributed by atoms with Gasteiger partial charge in [-0.3, -0.25) is 4.79 Å². The molecule has 2 N–H and O–H groups in total. The summed E-state index contributed by atoms with van der Waals surface area (Å²) < 4.78 is 0. The highest BCUT2D eigenvalue weighted by Gasteiger charge is 2.15. The van der Waals surface area contributed by atoms with Gasteiger partial charge in [0.25, 0.3) is 0 Å². The number of carbonyl (C=O) groups is 1. The monoisotopic (exact) mass is 255 g/mol. The Morgan fingerprint density at radius 3 is 2.56 bits per heavy atom. The lowest BCUT2D eigenvalue weighted by atomic mass is 9.86. The fourth-order valence-electron chi connectivity index (χ4n) is 2.76. The van der Waals surface area contributed by atoms with Gasteiger partial charge in [0, 0.05) is 13.0 Å². The molecule has 1 unspecified atom stereocenters. The first-order chi connectivity index (χ1) is 8.58. The Morgan fingerprint density at radius 1 is 1.28 bits per heavy atom. The van der Waals surface area contributed by atoms with E-state index in [1.807, 2.05) is 0 Å². The number of amides is 1. The number of aliphatic hydroxyl groups is 1. The quantitative estimate of drug-likeness (QED) is 0.735. The number of rotatable bonds is 7. The van der Waals surface area contributed by atoms with Crippen LogP contribution in [0.4, 0.5) is 0 Å². The summed E-state index contributed by atoms with van der Waals surface area (Å²) >= 11 is 0. The minimum atomic E-state index is -0.399. The average Bonchev–Trinajstić information content (AvgIpc) is 2.34. The lowest BCUT2D eigenvalue weighted by Crippen LogP contribution is -2.32. The minimum absolute atomic E-state index is 0.100. The number of hydrogen-bond acceptors (Lipinski definition) is 2. The van der Waals surface area contributed by atoms with Crippen molar-refractivity contribution in [1.29, 1.82) is 0 Å². The summed E-state index contributed by atoms with van der Waals surface area (Å²) in [5.74, 6) is 1.33. The van der Waals surface area contributed by atoms with Gasteiger partial charge in [0.1, 0.15) is 0 Å². The molecule has 3 heteroatoms. The highest BCUT2D eigenvalue weighted by Crippen LogP contribution is 2.27. The van der Waals surface area contributed by atoms with E-state index in [9.17, 15) is 9.90 Å². The molecule has 0 spiro atoms. The maximum absolute atomic E-state index is 11.7. The van der Waals surface area contributed by atoms with Gasteiger partial charge >= 0.3 is 0 Å². The second-order valence-electron chi connectivity index (χ2n) is 6.13. The second kappa shape index (κ2) is 8.52. The van der Waals surface area contributed by atoms with Crippen LogP contribution >= 0.6 is 0 Å². The molecular formula is C15H29NO2. The molecule has 0 saturated heterocycles. The summed E-state index contributed by atoms with van der Waals surface area (Å²) in [7, 11) is 0. The van der Waals surface area contributed by atoms with E-state index in [-0.39, 0.29) is 5.91 Å². The van der Waals surface area contributed by atoms with Crippen LogP contribution in [-0.2, 0) is 4.79 Å². The van der Waals surface area contributed by atoms with E-state index < -0.39 is 6.10 Å². The van der Waals surface area contributed by atoms with Crippen molar-refractivity contribution in [1.82, 2.24) is 5.32 Å². The molecule has 0 bridgehead atoms.